The average Bonchev–Trinajstić information content (AvgIpc) is 2.82. The number of aryl methyl sites for hydroxylation is 2. The molecule has 0 amide bonds. The predicted molar refractivity (Wildman–Crippen MR) is 75.7 cm³/mol. The first-order chi connectivity index (χ1) is 9.13. The fourth-order valence-electron chi connectivity index (χ4n) is 2.07. The molecule has 1 N–H and O–H groups in total. The number of nitrogens with one attached hydrogen (secondary N) is 1. The Morgan fingerprint density at radius 1 is 1.37 bits per heavy atom. The Morgan fingerprint density at radius 2 is 2.16 bits per heavy atom. The van der Waals surface area contributed by atoms with Crippen LogP contribution in [-0.4, -0.2) is 26.1 Å². The van der Waals surface area contributed by atoms with E-state index in [1.807, 2.05) is 24.7 Å². The summed E-state index contributed by atoms with van der Waals surface area (Å²) in [6.45, 7) is 7.34. The minimum Gasteiger partial charge on any atom is -0.331 e. The number of rotatable bonds is 5. The molecular formula is C14H21N5. The number of hydrogen-bond acceptors (Lipinski definition) is 4. The van der Waals surface area contributed by atoms with Crippen LogP contribution >= 0.6 is 0 Å². The van der Waals surface area contributed by atoms with Gasteiger partial charge in [0.05, 0.1) is 12.5 Å². The maximum absolute atomic E-state index is 4.59. The molecule has 5 heteroatoms. The minimum atomic E-state index is 0.278. The molecule has 0 aliphatic heterocycles. The highest BCUT2D eigenvalue weighted by Gasteiger charge is 2.12. The molecule has 0 aliphatic carbocycles. The van der Waals surface area contributed by atoms with Crippen LogP contribution in [0.2, 0.25) is 0 Å². The number of nitrogens with zero attached hydrogens (tertiary/aromatic N) is 4. The van der Waals surface area contributed by atoms with Crippen LogP contribution in [0.3, 0.4) is 0 Å². The van der Waals surface area contributed by atoms with Crippen molar-refractivity contribution in [1.29, 1.82) is 0 Å². The Morgan fingerprint density at radius 3 is 2.74 bits per heavy atom. The average molecular weight is 259 g/mol. The van der Waals surface area contributed by atoms with Gasteiger partial charge in [0.25, 0.3) is 0 Å². The molecule has 102 valence electrons. The molecule has 0 fully saturated rings. The molecule has 2 aromatic rings. The van der Waals surface area contributed by atoms with Crippen molar-refractivity contribution in [2.75, 3.05) is 6.54 Å². The van der Waals surface area contributed by atoms with E-state index in [2.05, 4.69) is 34.1 Å². The van der Waals surface area contributed by atoms with Gasteiger partial charge in [0, 0.05) is 30.5 Å². The standard InChI is InChI=1S/C14H21N5/c1-5-6-16-10(2)12-7-17-14(18-11(12)3)13-8-15-9-19(13)4/h7-10,16H,5-6H2,1-4H3. The summed E-state index contributed by atoms with van der Waals surface area (Å²) in [7, 11) is 1.94. The molecule has 0 radical (unpaired) electrons. The van der Waals surface area contributed by atoms with Crippen LogP contribution in [-0.2, 0) is 7.05 Å². The highest BCUT2D eigenvalue weighted by Crippen LogP contribution is 2.19. The second-order valence-electron chi connectivity index (χ2n) is 4.80. The van der Waals surface area contributed by atoms with E-state index in [1.165, 1.54) is 0 Å². The summed E-state index contributed by atoms with van der Waals surface area (Å²) in [5.41, 5.74) is 3.10. The molecule has 19 heavy (non-hydrogen) atoms. The minimum absolute atomic E-state index is 0.278. The van der Waals surface area contributed by atoms with Gasteiger partial charge < -0.3 is 9.88 Å². The van der Waals surface area contributed by atoms with Gasteiger partial charge in [0.2, 0.25) is 0 Å². The van der Waals surface area contributed by atoms with E-state index in [-0.39, 0.29) is 6.04 Å². The van der Waals surface area contributed by atoms with E-state index in [4.69, 9.17) is 0 Å². The van der Waals surface area contributed by atoms with Gasteiger partial charge in [-0.2, -0.15) is 0 Å². The highest BCUT2D eigenvalue weighted by molar-refractivity contribution is 5.48. The number of imidazole rings is 1. The summed E-state index contributed by atoms with van der Waals surface area (Å²) in [4.78, 5) is 13.2. The SMILES string of the molecule is CCCNC(C)c1cnc(-c2cncn2C)nc1C. The van der Waals surface area contributed by atoms with Crippen molar-refractivity contribution in [3.63, 3.8) is 0 Å². The van der Waals surface area contributed by atoms with Crippen molar-refractivity contribution in [1.82, 2.24) is 24.8 Å². The second-order valence-corrected chi connectivity index (χ2v) is 4.80. The Labute approximate surface area is 114 Å². The summed E-state index contributed by atoms with van der Waals surface area (Å²) in [6, 6.07) is 0.278. The predicted octanol–water partition coefficient (Wildman–Crippen LogP) is 2.25. The van der Waals surface area contributed by atoms with E-state index < -0.39 is 0 Å². The molecule has 0 bridgehead atoms. The Bertz CT molecular complexity index is 547. The first-order valence-corrected chi connectivity index (χ1v) is 6.67. The van der Waals surface area contributed by atoms with E-state index in [9.17, 15) is 0 Å². The molecule has 0 saturated carbocycles. The maximum Gasteiger partial charge on any atom is 0.178 e. The van der Waals surface area contributed by atoms with Crippen LogP contribution in [0.15, 0.2) is 18.7 Å². The third kappa shape index (κ3) is 2.98. The van der Waals surface area contributed by atoms with Gasteiger partial charge in [-0.1, -0.05) is 6.92 Å². The second kappa shape index (κ2) is 5.93. The number of hydrogen-bond donors (Lipinski definition) is 1. The largest absolute Gasteiger partial charge is 0.331 e. The monoisotopic (exact) mass is 259 g/mol. The van der Waals surface area contributed by atoms with Crippen LogP contribution < -0.4 is 5.32 Å². The van der Waals surface area contributed by atoms with Crippen molar-refractivity contribution in [3.8, 4) is 11.5 Å². The molecule has 2 rings (SSSR count). The molecule has 2 aromatic heterocycles. The lowest BCUT2D eigenvalue weighted by Gasteiger charge is -2.15. The molecule has 2 heterocycles. The van der Waals surface area contributed by atoms with Gasteiger partial charge in [-0.3, -0.25) is 0 Å². The Hall–Kier alpha value is -1.75. The zero-order chi connectivity index (χ0) is 13.8. The topological polar surface area (TPSA) is 55.6 Å². The molecule has 0 saturated heterocycles. The molecule has 0 spiro atoms. The van der Waals surface area contributed by atoms with Crippen LogP contribution in [0.25, 0.3) is 11.5 Å². The lowest BCUT2D eigenvalue weighted by Crippen LogP contribution is -2.20. The van der Waals surface area contributed by atoms with E-state index in [1.54, 1.807) is 12.5 Å². The summed E-state index contributed by atoms with van der Waals surface area (Å²) in [6.07, 6.45) is 6.58. The summed E-state index contributed by atoms with van der Waals surface area (Å²) in [5.74, 6) is 0.726. The van der Waals surface area contributed by atoms with Gasteiger partial charge >= 0.3 is 0 Å². The molecular weight excluding hydrogens is 238 g/mol. The third-order valence-electron chi connectivity index (χ3n) is 3.23. The van der Waals surface area contributed by atoms with Crippen LogP contribution in [0, 0.1) is 6.92 Å². The lowest BCUT2D eigenvalue weighted by molar-refractivity contribution is 0.564. The smallest absolute Gasteiger partial charge is 0.178 e. The van der Waals surface area contributed by atoms with Gasteiger partial charge in [0.15, 0.2) is 5.82 Å². The van der Waals surface area contributed by atoms with Crippen molar-refractivity contribution in [2.24, 2.45) is 7.05 Å². The van der Waals surface area contributed by atoms with Crippen molar-refractivity contribution >= 4 is 0 Å². The quantitative estimate of drug-likeness (QED) is 0.894. The number of aromatic nitrogens is 4. The first kappa shape index (κ1) is 13.7. The van der Waals surface area contributed by atoms with Crippen molar-refractivity contribution < 1.29 is 0 Å². The van der Waals surface area contributed by atoms with Gasteiger partial charge in [-0.15, -0.1) is 0 Å². The fraction of sp³-hybridized carbons (Fsp3) is 0.500. The van der Waals surface area contributed by atoms with Gasteiger partial charge in [-0.25, -0.2) is 15.0 Å². The summed E-state index contributed by atoms with van der Waals surface area (Å²) < 4.78 is 1.92. The third-order valence-corrected chi connectivity index (χ3v) is 3.23. The van der Waals surface area contributed by atoms with E-state index in [0.717, 1.165) is 35.7 Å². The molecule has 5 nitrogen and oxygen atoms in total. The maximum atomic E-state index is 4.59. The van der Waals surface area contributed by atoms with Gasteiger partial charge in [-0.05, 0) is 26.8 Å². The molecule has 0 aliphatic rings. The van der Waals surface area contributed by atoms with Gasteiger partial charge in [0.1, 0.15) is 5.69 Å². The lowest BCUT2D eigenvalue weighted by atomic mass is 10.1. The first-order valence-electron chi connectivity index (χ1n) is 6.67. The summed E-state index contributed by atoms with van der Waals surface area (Å²) >= 11 is 0. The molecule has 1 atom stereocenters. The highest BCUT2D eigenvalue weighted by atomic mass is 15.1. The van der Waals surface area contributed by atoms with Crippen LogP contribution in [0.1, 0.15) is 37.6 Å². The zero-order valence-electron chi connectivity index (χ0n) is 12.0. The summed E-state index contributed by atoms with van der Waals surface area (Å²) in [5, 5.41) is 3.46. The van der Waals surface area contributed by atoms with Crippen LogP contribution in [0.4, 0.5) is 0 Å². The van der Waals surface area contributed by atoms with Crippen molar-refractivity contribution in [3.05, 3.63) is 30.0 Å². The van der Waals surface area contributed by atoms with Crippen molar-refractivity contribution in [2.45, 2.75) is 33.2 Å². The molecule has 0 aromatic carbocycles. The van der Waals surface area contributed by atoms with E-state index in [0.29, 0.717) is 0 Å². The zero-order valence-corrected chi connectivity index (χ0v) is 12.0. The molecule has 1 unspecified atom stereocenters. The fourth-order valence-corrected chi connectivity index (χ4v) is 2.07. The normalized spacial score (nSPS) is 12.6. The Balaban J connectivity index is 2.25. The Kier molecular flexibility index (Phi) is 4.27. The van der Waals surface area contributed by atoms with E-state index >= 15 is 0 Å². The van der Waals surface area contributed by atoms with Crippen LogP contribution in [0.5, 0.6) is 0 Å².